The van der Waals surface area contributed by atoms with E-state index in [0.717, 1.165) is 56.6 Å². The third-order valence-corrected chi connectivity index (χ3v) is 7.42. The zero-order chi connectivity index (χ0) is 25.9. The minimum absolute atomic E-state index is 0.0527. The van der Waals surface area contributed by atoms with Crippen molar-refractivity contribution in [3.63, 3.8) is 0 Å². The lowest BCUT2D eigenvalue weighted by molar-refractivity contribution is -0.0498. The van der Waals surface area contributed by atoms with Crippen LogP contribution in [0.15, 0.2) is 54.7 Å². The summed E-state index contributed by atoms with van der Waals surface area (Å²) in [4.78, 5) is 22.2. The maximum atomic E-state index is 13.0. The lowest BCUT2D eigenvalue weighted by atomic mass is 9.84. The molecule has 1 aliphatic heterocycles. The van der Waals surface area contributed by atoms with Crippen LogP contribution >= 0.6 is 0 Å². The molecule has 0 bridgehead atoms. The fourth-order valence-corrected chi connectivity index (χ4v) is 5.29. The number of amides is 1. The second-order valence-corrected chi connectivity index (χ2v) is 9.90. The third kappa shape index (κ3) is 5.74. The Hall–Kier alpha value is -3.52. The first-order valence-corrected chi connectivity index (χ1v) is 12.7. The van der Waals surface area contributed by atoms with Crippen molar-refractivity contribution < 1.29 is 18.3 Å². The molecule has 2 aromatic carbocycles. The predicted molar refractivity (Wildman–Crippen MR) is 140 cm³/mol. The van der Waals surface area contributed by atoms with Gasteiger partial charge in [-0.25, -0.2) is 0 Å². The van der Waals surface area contributed by atoms with Gasteiger partial charge in [-0.2, -0.15) is 8.78 Å². The molecule has 194 valence electrons. The Balaban J connectivity index is 1.25. The summed E-state index contributed by atoms with van der Waals surface area (Å²) in [7, 11) is 2.16. The first-order chi connectivity index (χ1) is 17.9. The fraction of sp³-hybridized carbons (Fsp3) is 0.379. The summed E-state index contributed by atoms with van der Waals surface area (Å²) in [6, 6.07) is 14.4. The molecule has 0 unspecified atom stereocenters. The van der Waals surface area contributed by atoms with Crippen LogP contribution in [0.2, 0.25) is 0 Å². The Morgan fingerprint density at radius 2 is 1.73 bits per heavy atom. The van der Waals surface area contributed by atoms with Crippen LogP contribution in [0.4, 0.5) is 14.5 Å². The summed E-state index contributed by atoms with van der Waals surface area (Å²) in [5, 5.41) is 3.20. The molecular weight excluding hydrogens is 474 g/mol. The quantitative estimate of drug-likeness (QED) is 0.526. The molecule has 5 rings (SSSR count). The third-order valence-electron chi connectivity index (χ3n) is 7.42. The van der Waals surface area contributed by atoms with Crippen LogP contribution < -0.4 is 15.0 Å². The molecule has 0 spiro atoms. The Labute approximate surface area is 216 Å². The molecule has 8 heteroatoms. The van der Waals surface area contributed by atoms with Crippen LogP contribution in [0.1, 0.15) is 33.6 Å². The van der Waals surface area contributed by atoms with Gasteiger partial charge in [0.05, 0.1) is 0 Å². The number of halogens is 2. The predicted octanol–water partition coefficient (Wildman–Crippen LogP) is 4.70. The van der Waals surface area contributed by atoms with Gasteiger partial charge in [0.15, 0.2) is 0 Å². The first kappa shape index (κ1) is 25.1. The van der Waals surface area contributed by atoms with Crippen molar-refractivity contribution in [2.24, 2.45) is 0 Å². The molecule has 1 N–H and O–H groups in total. The largest absolute Gasteiger partial charge is 0.435 e. The summed E-state index contributed by atoms with van der Waals surface area (Å²) in [5.74, 6) is -0.0859. The number of carbonyl (C=O) groups is 1. The molecule has 0 radical (unpaired) electrons. The van der Waals surface area contributed by atoms with E-state index in [1.165, 1.54) is 34.5 Å². The molecule has 2 aliphatic rings. The van der Waals surface area contributed by atoms with Gasteiger partial charge in [-0.15, -0.1) is 0 Å². The van der Waals surface area contributed by atoms with E-state index in [9.17, 15) is 13.6 Å². The zero-order valence-corrected chi connectivity index (χ0v) is 21.2. The fourth-order valence-electron chi connectivity index (χ4n) is 5.29. The Kier molecular flexibility index (Phi) is 7.37. The molecule has 1 saturated heterocycles. The molecule has 1 amide bonds. The van der Waals surface area contributed by atoms with Crippen molar-refractivity contribution >= 4 is 11.6 Å². The van der Waals surface area contributed by atoms with Crippen molar-refractivity contribution in [3.8, 4) is 16.9 Å². The number of rotatable bonds is 6. The molecule has 1 aliphatic carbocycles. The minimum Gasteiger partial charge on any atom is -0.435 e. The van der Waals surface area contributed by atoms with Gasteiger partial charge in [0, 0.05) is 49.7 Å². The summed E-state index contributed by atoms with van der Waals surface area (Å²) in [6.07, 6.45) is 4.29. The number of carbonyl (C=O) groups excluding carboxylic acids is 1. The van der Waals surface area contributed by atoms with E-state index in [1.54, 1.807) is 24.4 Å². The topological polar surface area (TPSA) is 57.7 Å². The monoisotopic (exact) mass is 506 g/mol. The second kappa shape index (κ2) is 10.8. The number of anilines is 1. The maximum Gasteiger partial charge on any atom is 0.387 e. The number of alkyl halides is 2. The number of likely N-dealkylation sites (N-methyl/N-ethyl adjacent to an activating group) is 1. The standard InChI is InChI=1S/C29H32F2N4O2/c1-19-3-12-27(35-15-13-34(2)14-16-35)25-17-22(7-10-24(19)25)33-28(36)26-11-6-21(18-32-26)20-4-8-23(9-5-20)37-29(30)31/h3-6,8-9,11-12,18,22,29H,7,10,13-17H2,1-2H3,(H,33,36)/t22-/m1/s1. The first-order valence-electron chi connectivity index (χ1n) is 12.7. The smallest absolute Gasteiger partial charge is 0.387 e. The van der Waals surface area contributed by atoms with E-state index in [1.807, 2.05) is 6.07 Å². The van der Waals surface area contributed by atoms with E-state index in [4.69, 9.17) is 0 Å². The Morgan fingerprint density at radius 3 is 2.41 bits per heavy atom. The van der Waals surface area contributed by atoms with E-state index in [2.05, 4.69) is 50.9 Å². The van der Waals surface area contributed by atoms with Gasteiger partial charge in [-0.05, 0) is 79.8 Å². The van der Waals surface area contributed by atoms with Gasteiger partial charge in [0.25, 0.3) is 5.91 Å². The summed E-state index contributed by atoms with van der Waals surface area (Å²) in [6.45, 7) is 3.46. The van der Waals surface area contributed by atoms with Crippen molar-refractivity contribution in [2.75, 3.05) is 38.1 Å². The molecule has 3 aromatic rings. The van der Waals surface area contributed by atoms with Crippen LogP contribution in [-0.2, 0) is 12.8 Å². The number of fused-ring (bicyclic) bond motifs is 1. The number of benzene rings is 2. The van der Waals surface area contributed by atoms with E-state index in [0.29, 0.717) is 5.69 Å². The molecule has 2 heterocycles. The number of aryl methyl sites for hydroxylation is 1. The molecular formula is C29H32F2N4O2. The zero-order valence-electron chi connectivity index (χ0n) is 21.2. The Bertz CT molecular complexity index is 1240. The van der Waals surface area contributed by atoms with Gasteiger partial charge in [-0.1, -0.05) is 24.3 Å². The van der Waals surface area contributed by atoms with Crippen LogP contribution in [0.5, 0.6) is 5.75 Å². The lowest BCUT2D eigenvalue weighted by Gasteiger charge is -2.37. The number of ether oxygens (including phenoxy) is 1. The average molecular weight is 507 g/mol. The van der Waals surface area contributed by atoms with Gasteiger partial charge in [-0.3, -0.25) is 9.78 Å². The van der Waals surface area contributed by atoms with Gasteiger partial charge >= 0.3 is 6.61 Å². The molecule has 1 aromatic heterocycles. The molecule has 1 atom stereocenters. The van der Waals surface area contributed by atoms with E-state index in [-0.39, 0.29) is 17.7 Å². The van der Waals surface area contributed by atoms with Gasteiger partial charge in [0.1, 0.15) is 11.4 Å². The lowest BCUT2D eigenvalue weighted by Crippen LogP contribution is -2.45. The average Bonchev–Trinajstić information content (AvgIpc) is 2.90. The van der Waals surface area contributed by atoms with Crippen LogP contribution in [-0.4, -0.2) is 61.7 Å². The number of nitrogens with zero attached hydrogens (tertiary/aromatic N) is 3. The molecule has 6 nitrogen and oxygen atoms in total. The maximum absolute atomic E-state index is 13.0. The van der Waals surface area contributed by atoms with Gasteiger partial charge in [0.2, 0.25) is 0 Å². The normalized spacial score (nSPS) is 18.0. The Morgan fingerprint density at radius 1 is 1.00 bits per heavy atom. The van der Waals surface area contributed by atoms with Crippen LogP contribution in [0.3, 0.4) is 0 Å². The van der Waals surface area contributed by atoms with Crippen molar-refractivity contribution in [1.29, 1.82) is 0 Å². The highest BCUT2D eigenvalue weighted by molar-refractivity contribution is 5.92. The number of aromatic nitrogens is 1. The number of piperazine rings is 1. The van der Waals surface area contributed by atoms with Crippen molar-refractivity contribution in [1.82, 2.24) is 15.2 Å². The summed E-state index contributed by atoms with van der Waals surface area (Å²) >= 11 is 0. The van der Waals surface area contributed by atoms with Crippen LogP contribution in [0.25, 0.3) is 11.1 Å². The molecule has 0 saturated carbocycles. The second-order valence-electron chi connectivity index (χ2n) is 9.90. The SMILES string of the molecule is Cc1ccc(N2CCN(C)CC2)c2c1CC[C@@H](NC(=O)c1ccc(-c3ccc(OC(F)F)cc3)cn1)C2. The molecule has 1 fully saturated rings. The van der Waals surface area contributed by atoms with Crippen molar-refractivity contribution in [2.45, 2.75) is 38.8 Å². The van der Waals surface area contributed by atoms with E-state index >= 15 is 0 Å². The number of hydrogen-bond donors (Lipinski definition) is 1. The highest BCUT2D eigenvalue weighted by Crippen LogP contribution is 2.33. The number of hydrogen-bond acceptors (Lipinski definition) is 5. The van der Waals surface area contributed by atoms with Crippen molar-refractivity contribution in [3.05, 3.63) is 77.1 Å². The highest BCUT2D eigenvalue weighted by atomic mass is 19.3. The van der Waals surface area contributed by atoms with Gasteiger partial charge < -0.3 is 19.9 Å². The molecule has 37 heavy (non-hydrogen) atoms. The summed E-state index contributed by atoms with van der Waals surface area (Å²) in [5.41, 5.74) is 7.37. The highest BCUT2D eigenvalue weighted by Gasteiger charge is 2.27. The minimum atomic E-state index is -2.86. The van der Waals surface area contributed by atoms with Crippen LogP contribution in [0, 0.1) is 6.92 Å². The van der Waals surface area contributed by atoms with E-state index < -0.39 is 6.61 Å². The number of nitrogens with one attached hydrogen (secondary N) is 1. The number of pyridine rings is 1. The summed E-state index contributed by atoms with van der Waals surface area (Å²) < 4.78 is 29.1.